The summed E-state index contributed by atoms with van der Waals surface area (Å²) >= 11 is 0. The Kier molecular flexibility index (Phi) is 4.27. The zero-order valence-electron chi connectivity index (χ0n) is 13.6. The largest absolute Gasteiger partial charge is 0.371 e. The molecule has 0 unspecified atom stereocenters. The average Bonchev–Trinajstić information content (AvgIpc) is 2.95. The van der Waals surface area contributed by atoms with Gasteiger partial charge in [-0.3, -0.25) is 0 Å². The number of hydrogen-bond donors (Lipinski definition) is 1. The van der Waals surface area contributed by atoms with Gasteiger partial charge in [-0.05, 0) is 62.1 Å². The van der Waals surface area contributed by atoms with E-state index in [4.69, 9.17) is 0 Å². The van der Waals surface area contributed by atoms with E-state index in [0.717, 1.165) is 32.5 Å². The third kappa shape index (κ3) is 3.37. The maximum atomic E-state index is 4.29. The minimum Gasteiger partial charge on any atom is -0.371 e. The molecule has 2 aromatic rings. The van der Waals surface area contributed by atoms with Crippen molar-refractivity contribution in [2.75, 3.05) is 23.3 Å². The number of aryl methyl sites for hydroxylation is 3. The van der Waals surface area contributed by atoms with Gasteiger partial charge in [0.2, 0.25) is 0 Å². The van der Waals surface area contributed by atoms with Gasteiger partial charge in [-0.2, -0.15) is 4.80 Å². The Morgan fingerprint density at radius 1 is 1.14 bits per heavy atom. The van der Waals surface area contributed by atoms with Crippen molar-refractivity contribution in [3.63, 3.8) is 0 Å². The number of anilines is 2. The first-order valence-electron chi connectivity index (χ1n) is 8.01. The van der Waals surface area contributed by atoms with E-state index in [2.05, 4.69) is 57.7 Å². The van der Waals surface area contributed by atoms with E-state index in [1.165, 1.54) is 16.8 Å². The predicted molar refractivity (Wildman–Crippen MR) is 88.3 cm³/mol. The molecule has 1 N–H and O–H groups in total. The molecule has 2 heterocycles. The maximum absolute atomic E-state index is 4.29. The molecular weight excluding hydrogens is 276 g/mol. The number of piperidine rings is 1. The minimum absolute atomic E-state index is 0.427. The number of rotatable bonds is 4. The van der Waals surface area contributed by atoms with E-state index in [-0.39, 0.29) is 0 Å². The monoisotopic (exact) mass is 300 g/mol. The van der Waals surface area contributed by atoms with Crippen molar-refractivity contribution < 1.29 is 0 Å². The highest BCUT2D eigenvalue weighted by Crippen LogP contribution is 2.23. The van der Waals surface area contributed by atoms with Crippen LogP contribution in [0.15, 0.2) is 18.2 Å². The standard InChI is InChI=1S/C16H24N6/c1-4-22-19-16(18-20-22)17-14-5-7-21(8-6-14)15-10-12(2)9-13(3)11-15/h9-11,14H,4-8H2,1-3H3,(H,17,19). The molecule has 1 aromatic carbocycles. The highest BCUT2D eigenvalue weighted by molar-refractivity contribution is 5.51. The Bertz CT molecular complexity index is 607. The quantitative estimate of drug-likeness (QED) is 0.939. The summed E-state index contributed by atoms with van der Waals surface area (Å²) in [7, 11) is 0. The first-order valence-corrected chi connectivity index (χ1v) is 8.01. The van der Waals surface area contributed by atoms with E-state index >= 15 is 0 Å². The molecule has 6 heteroatoms. The van der Waals surface area contributed by atoms with Crippen molar-refractivity contribution in [3.8, 4) is 0 Å². The molecule has 1 aromatic heterocycles. The van der Waals surface area contributed by atoms with Crippen LogP contribution >= 0.6 is 0 Å². The van der Waals surface area contributed by atoms with Gasteiger partial charge in [-0.15, -0.1) is 5.10 Å². The second-order valence-electron chi connectivity index (χ2n) is 6.05. The maximum Gasteiger partial charge on any atom is 0.263 e. The van der Waals surface area contributed by atoms with Gasteiger partial charge < -0.3 is 10.2 Å². The van der Waals surface area contributed by atoms with Crippen LogP contribution in [0, 0.1) is 13.8 Å². The molecular formula is C16H24N6. The molecule has 1 fully saturated rings. The third-order valence-electron chi connectivity index (χ3n) is 4.14. The summed E-state index contributed by atoms with van der Waals surface area (Å²) in [6.07, 6.45) is 2.18. The summed E-state index contributed by atoms with van der Waals surface area (Å²) in [5.74, 6) is 0.645. The van der Waals surface area contributed by atoms with Crippen molar-refractivity contribution >= 4 is 11.6 Å². The van der Waals surface area contributed by atoms with Gasteiger partial charge >= 0.3 is 0 Å². The van der Waals surface area contributed by atoms with Crippen molar-refractivity contribution in [2.45, 2.75) is 46.2 Å². The van der Waals surface area contributed by atoms with Crippen LogP contribution in [0.5, 0.6) is 0 Å². The Morgan fingerprint density at radius 2 is 1.82 bits per heavy atom. The van der Waals surface area contributed by atoms with Gasteiger partial charge in [0.05, 0.1) is 6.54 Å². The van der Waals surface area contributed by atoms with Gasteiger partial charge in [0.25, 0.3) is 5.95 Å². The fraction of sp³-hybridized carbons (Fsp3) is 0.562. The lowest BCUT2D eigenvalue weighted by atomic mass is 10.0. The number of nitrogens with zero attached hydrogens (tertiary/aromatic N) is 5. The minimum atomic E-state index is 0.427. The molecule has 1 aliphatic rings. The van der Waals surface area contributed by atoms with Crippen LogP contribution < -0.4 is 10.2 Å². The summed E-state index contributed by atoms with van der Waals surface area (Å²) in [4.78, 5) is 4.07. The molecule has 0 aliphatic carbocycles. The number of benzene rings is 1. The third-order valence-corrected chi connectivity index (χ3v) is 4.14. The average molecular weight is 300 g/mol. The molecule has 0 spiro atoms. The van der Waals surface area contributed by atoms with Gasteiger partial charge in [-0.1, -0.05) is 11.2 Å². The van der Waals surface area contributed by atoms with E-state index in [1.54, 1.807) is 4.80 Å². The van der Waals surface area contributed by atoms with Crippen LogP contribution in [0.25, 0.3) is 0 Å². The Labute approximate surface area is 131 Å². The summed E-state index contributed by atoms with van der Waals surface area (Å²) in [5, 5.41) is 15.7. The Morgan fingerprint density at radius 3 is 2.41 bits per heavy atom. The summed E-state index contributed by atoms with van der Waals surface area (Å²) in [5.41, 5.74) is 4.00. The van der Waals surface area contributed by atoms with Crippen LogP contribution in [0.1, 0.15) is 30.9 Å². The first kappa shape index (κ1) is 14.8. The normalized spacial score (nSPS) is 16.0. The molecule has 1 aliphatic heterocycles. The summed E-state index contributed by atoms with van der Waals surface area (Å²) in [6.45, 7) is 9.19. The van der Waals surface area contributed by atoms with Gasteiger partial charge in [-0.25, -0.2) is 0 Å². The molecule has 0 radical (unpaired) electrons. The lowest BCUT2D eigenvalue weighted by Crippen LogP contribution is -2.39. The summed E-state index contributed by atoms with van der Waals surface area (Å²) < 4.78 is 0. The van der Waals surface area contributed by atoms with Gasteiger partial charge in [0.15, 0.2) is 0 Å². The molecule has 3 rings (SSSR count). The smallest absolute Gasteiger partial charge is 0.263 e. The van der Waals surface area contributed by atoms with Crippen LogP contribution in [-0.4, -0.2) is 39.3 Å². The van der Waals surface area contributed by atoms with Crippen molar-refractivity contribution in [3.05, 3.63) is 29.3 Å². The zero-order chi connectivity index (χ0) is 15.5. The number of tetrazole rings is 1. The predicted octanol–water partition coefficient (Wildman–Crippen LogP) is 2.39. The highest BCUT2D eigenvalue weighted by atomic mass is 15.6. The molecule has 0 amide bonds. The topological polar surface area (TPSA) is 58.9 Å². The number of nitrogens with one attached hydrogen (secondary N) is 1. The summed E-state index contributed by atoms with van der Waals surface area (Å²) in [6, 6.07) is 7.20. The lowest BCUT2D eigenvalue weighted by Gasteiger charge is -2.34. The van der Waals surface area contributed by atoms with Crippen LogP contribution in [0.4, 0.5) is 11.6 Å². The van der Waals surface area contributed by atoms with Crippen molar-refractivity contribution in [2.24, 2.45) is 0 Å². The zero-order valence-corrected chi connectivity index (χ0v) is 13.6. The van der Waals surface area contributed by atoms with E-state index in [0.29, 0.717) is 12.0 Å². The van der Waals surface area contributed by atoms with Crippen molar-refractivity contribution in [1.29, 1.82) is 0 Å². The highest BCUT2D eigenvalue weighted by Gasteiger charge is 2.20. The van der Waals surface area contributed by atoms with E-state index in [9.17, 15) is 0 Å². The van der Waals surface area contributed by atoms with Crippen molar-refractivity contribution in [1.82, 2.24) is 20.2 Å². The Hall–Kier alpha value is -2.11. The number of aromatic nitrogens is 4. The molecule has 0 atom stereocenters. The molecule has 0 bridgehead atoms. The fourth-order valence-electron chi connectivity index (χ4n) is 3.03. The van der Waals surface area contributed by atoms with E-state index < -0.39 is 0 Å². The second-order valence-corrected chi connectivity index (χ2v) is 6.05. The van der Waals surface area contributed by atoms with Gasteiger partial charge in [0.1, 0.15) is 0 Å². The lowest BCUT2D eigenvalue weighted by molar-refractivity contribution is 0.522. The molecule has 6 nitrogen and oxygen atoms in total. The molecule has 0 saturated carbocycles. The van der Waals surface area contributed by atoms with Gasteiger partial charge in [0, 0.05) is 24.8 Å². The molecule has 1 saturated heterocycles. The van der Waals surface area contributed by atoms with E-state index in [1.807, 2.05) is 6.92 Å². The molecule has 118 valence electrons. The SMILES string of the molecule is CCn1nnc(NC2CCN(c3cc(C)cc(C)c3)CC2)n1. The number of hydrogen-bond acceptors (Lipinski definition) is 5. The van der Waals surface area contributed by atoms with Crippen LogP contribution in [-0.2, 0) is 6.54 Å². The van der Waals surface area contributed by atoms with Crippen LogP contribution in [0.3, 0.4) is 0 Å². The van der Waals surface area contributed by atoms with Crippen LogP contribution in [0.2, 0.25) is 0 Å². The molecule has 22 heavy (non-hydrogen) atoms. The fourth-order valence-corrected chi connectivity index (χ4v) is 3.03. The second kappa shape index (κ2) is 6.34. The first-order chi connectivity index (χ1) is 10.6. The Balaban J connectivity index is 1.57.